The molecule has 1 aliphatic rings. The highest BCUT2D eigenvalue weighted by Gasteiger charge is 2.26. The molecule has 0 fully saturated rings. The van der Waals surface area contributed by atoms with Gasteiger partial charge in [0.25, 0.3) is 0 Å². The van der Waals surface area contributed by atoms with Gasteiger partial charge in [0.2, 0.25) is 5.91 Å². The molecule has 1 amide bonds. The molecule has 1 aliphatic heterocycles. The van der Waals surface area contributed by atoms with Crippen molar-refractivity contribution in [2.45, 2.75) is 31.5 Å². The fourth-order valence-electron chi connectivity index (χ4n) is 1.87. The first-order valence-corrected chi connectivity index (χ1v) is 6.12. The predicted molar refractivity (Wildman–Crippen MR) is 67.4 cm³/mol. The van der Waals surface area contributed by atoms with Crippen LogP contribution >= 0.6 is 0 Å². The number of carboxylic acid groups (broad SMARTS) is 1. The highest BCUT2D eigenvalue weighted by molar-refractivity contribution is 5.80. The lowest BCUT2D eigenvalue weighted by Crippen LogP contribution is -2.44. The van der Waals surface area contributed by atoms with Crippen LogP contribution in [-0.2, 0) is 19.1 Å². The van der Waals surface area contributed by atoms with Crippen LogP contribution in [0.5, 0.6) is 0 Å². The first kappa shape index (κ1) is 15.5. The predicted octanol–water partition coefficient (Wildman–Crippen LogP) is 0.117. The van der Waals surface area contributed by atoms with Gasteiger partial charge in [-0.3, -0.25) is 9.59 Å². The summed E-state index contributed by atoms with van der Waals surface area (Å²) in [4.78, 5) is 24.0. The van der Waals surface area contributed by atoms with E-state index in [9.17, 15) is 9.59 Å². The van der Waals surface area contributed by atoms with Crippen LogP contribution in [-0.4, -0.2) is 61.4 Å². The summed E-state index contributed by atoms with van der Waals surface area (Å²) in [6.45, 7) is 0.851. The molecular formula is C13H19NO5. The maximum atomic E-state index is 11.9. The number of amides is 1. The second kappa shape index (κ2) is 7.77. The minimum absolute atomic E-state index is 0.00313. The summed E-state index contributed by atoms with van der Waals surface area (Å²) in [6.07, 6.45) is -0.315. The molecule has 0 radical (unpaired) electrons. The van der Waals surface area contributed by atoms with Crippen LogP contribution in [0.25, 0.3) is 0 Å². The van der Waals surface area contributed by atoms with E-state index in [-0.39, 0.29) is 31.0 Å². The van der Waals surface area contributed by atoms with E-state index in [1.54, 1.807) is 19.1 Å². The SMILES string of the molecule is COC1C#CCCN(C(=O)CCC(=O)O)CC1OC. The molecule has 2 atom stereocenters. The third-order valence-electron chi connectivity index (χ3n) is 2.95. The second-order valence-electron chi connectivity index (χ2n) is 4.24. The number of nitrogens with zero attached hydrogens (tertiary/aromatic N) is 1. The Morgan fingerprint density at radius 2 is 2.05 bits per heavy atom. The van der Waals surface area contributed by atoms with Crippen molar-refractivity contribution in [1.29, 1.82) is 0 Å². The third-order valence-corrected chi connectivity index (χ3v) is 2.95. The number of hydrogen-bond donors (Lipinski definition) is 1. The zero-order valence-electron chi connectivity index (χ0n) is 11.2. The fourth-order valence-corrected chi connectivity index (χ4v) is 1.87. The van der Waals surface area contributed by atoms with Crippen LogP contribution in [0.4, 0.5) is 0 Å². The molecule has 0 aromatic carbocycles. The zero-order chi connectivity index (χ0) is 14.3. The summed E-state index contributed by atoms with van der Waals surface area (Å²) in [5.74, 6) is 4.72. The second-order valence-corrected chi connectivity index (χ2v) is 4.24. The minimum atomic E-state index is -0.974. The normalized spacial score (nSPS) is 22.9. The Balaban J connectivity index is 2.67. The van der Waals surface area contributed by atoms with Gasteiger partial charge >= 0.3 is 5.97 Å². The average Bonchev–Trinajstić information content (AvgIpc) is 2.36. The van der Waals surface area contributed by atoms with Gasteiger partial charge in [0, 0.05) is 33.6 Å². The van der Waals surface area contributed by atoms with E-state index in [0.29, 0.717) is 19.5 Å². The highest BCUT2D eigenvalue weighted by Crippen LogP contribution is 2.10. The number of carbonyl (C=O) groups excluding carboxylic acids is 1. The Hall–Kier alpha value is -1.58. The van der Waals surface area contributed by atoms with Crippen molar-refractivity contribution in [1.82, 2.24) is 4.90 Å². The molecule has 6 nitrogen and oxygen atoms in total. The van der Waals surface area contributed by atoms with Crippen molar-refractivity contribution in [3.8, 4) is 11.8 Å². The van der Waals surface area contributed by atoms with E-state index in [2.05, 4.69) is 11.8 Å². The lowest BCUT2D eigenvalue weighted by atomic mass is 10.1. The topological polar surface area (TPSA) is 76.1 Å². The Labute approximate surface area is 112 Å². The molecule has 0 spiro atoms. The number of methoxy groups -OCH3 is 2. The van der Waals surface area contributed by atoms with E-state index in [0.717, 1.165) is 0 Å². The van der Waals surface area contributed by atoms with Crippen molar-refractivity contribution in [3.63, 3.8) is 0 Å². The molecule has 106 valence electrons. The summed E-state index contributed by atoms with van der Waals surface area (Å²) in [5.41, 5.74) is 0. The van der Waals surface area contributed by atoms with Crippen LogP contribution in [0.3, 0.4) is 0 Å². The molecule has 19 heavy (non-hydrogen) atoms. The van der Waals surface area contributed by atoms with E-state index in [1.165, 1.54) is 0 Å². The number of carbonyl (C=O) groups is 2. The van der Waals surface area contributed by atoms with Crippen molar-refractivity contribution < 1.29 is 24.2 Å². The fraction of sp³-hybridized carbons (Fsp3) is 0.692. The van der Waals surface area contributed by atoms with E-state index in [1.807, 2.05) is 0 Å². The quantitative estimate of drug-likeness (QED) is 0.717. The first-order valence-electron chi connectivity index (χ1n) is 6.12. The van der Waals surface area contributed by atoms with Gasteiger partial charge in [0.1, 0.15) is 12.2 Å². The molecule has 1 heterocycles. The molecule has 0 aliphatic carbocycles. The number of carboxylic acids is 1. The van der Waals surface area contributed by atoms with Gasteiger partial charge in [0.15, 0.2) is 0 Å². The number of hydrogen-bond acceptors (Lipinski definition) is 4. The Kier molecular flexibility index (Phi) is 6.33. The number of rotatable bonds is 5. The zero-order valence-corrected chi connectivity index (χ0v) is 11.2. The molecule has 2 unspecified atom stereocenters. The summed E-state index contributed by atoms with van der Waals surface area (Å²) in [7, 11) is 3.09. The van der Waals surface area contributed by atoms with Crippen LogP contribution in [0.15, 0.2) is 0 Å². The van der Waals surface area contributed by atoms with Crippen molar-refractivity contribution >= 4 is 11.9 Å². The molecule has 1 N–H and O–H groups in total. The van der Waals surface area contributed by atoms with Gasteiger partial charge in [-0.1, -0.05) is 11.8 Å². The van der Waals surface area contributed by atoms with Gasteiger partial charge in [-0.2, -0.15) is 0 Å². The van der Waals surface area contributed by atoms with Crippen molar-refractivity contribution in [3.05, 3.63) is 0 Å². The van der Waals surface area contributed by atoms with Gasteiger partial charge in [0.05, 0.1) is 13.0 Å². The molecule has 0 aromatic rings. The lowest BCUT2D eigenvalue weighted by Gasteiger charge is -2.30. The highest BCUT2D eigenvalue weighted by atomic mass is 16.5. The van der Waals surface area contributed by atoms with Gasteiger partial charge < -0.3 is 19.5 Å². The molecule has 0 bridgehead atoms. The van der Waals surface area contributed by atoms with E-state index < -0.39 is 5.97 Å². The maximum Gasteiger partial charge on any atom is 0.303 e. The number of aliphatic carboxylic acids is 1. The summed E-state index contributed by atoms with van der Waals surface area (Å²) >= 11 is 0. The van der Waals surface area contributed by atoms with E-state index >= 15 is 0 Å². The van der Waals surface area contributed by atoms with Gasteiger partial charge in [-0.25, -0.2) is 0 Å². The Morgan fingerprint density at radius 3 is 2.63 bits per heavy atom. The van der Waals surface area contributed by atoms with Crippen molar-refractivity contribution in [2.75, 3.05) is 27.3 Å². The Bertz CT molecular complexity index is 384. The Morgan fingerprint density at radius 1 is 1.32 bits per heavy atom. The van der Waals surface area contributed by atoms with Gasteiger partial charge in [-0.15, -0.1) is 0 Å². The van der Waals surface area contributed by atoms with Crippen LogP contribution in [0, 0.1) is 11.8 Å². The largest absolute Gasteiger partial charge is 0.481 e. The molecule has 1 rings (SSSR count). The smallest absolute Gasteiger partial charge is 0.303 e. The minimum Gasteiger partial charge on any atom is -0.481 e. The van der Waals surface area contributed by atoms with E-state index in [4.69, 9.17) is 14.6 Å². The van der Waals surface area contributed by atoms with Crippen LogP contribution in [0.2, 0.25) is 0 Å². The molecule has 0 saturated heterocycles. The third kappa shape index (κ3) is 4.89. The summed E-state index contributed by atoms with van der Waals surface area (Å²) in [5, 5.41) is 8.60. The monoisotopic (exact) mass is 269 g/mol. The van der Waals surface area contributed by atoms with Crippen LogP contribution < -0.4 is 0 Å². The van der Waals surface area contributed by atoms with Gasteiger partial charge in [-0.05, 0) is 0 Å². The average molecular weight is 269 g/mol. The maximum absolute atomic E-state index is 11.9. The lowest BCUT2D eigenvalue weighted by molar-refractivity contribution is -0.141. The molecule has 0 saturated carbocycles. The standard InChI is InChI=1S/C13H19NO5/c1-18-10-5-3-4-8-14(9-11(10)19-2)12(15)6-7-13(16)17/h10-11H,4,6-9H2,1-2H3,(H,16,17). The molecule has 0 aromatic heterocycles. The number of ether oxygens (including phenoxy) is 2. The summed E-state index contributed by atoms with van der Waals surface area (Å²) in [6, 6.07) is 0. The molecule has 6 heteroatoms. The first-order chi connectivity index (χ1) is 9.08. The summed E-state index contributed by atoms with van der Waals surface area (Å²) < 4.78 is 10.5. The van der Waals surface area contributed by atoms with Crippen molar-refractivity contribution in [2.24, 2.45) is 0 Å². The molecular weight excluding hydrogens is 250 g/mol. The van der Waals surface area contributed by atoms with Crippen LogP contribution in [0.1, 0.15) is 19.3 Å².